The van der Waals surface area contributed by atoms with Crippen molar-refractivity contribution in [1.82, 2.24) is 0 Å². The molecule has 1 aromatic rings. The standard InChI is InChI=1S/C11H13N3O/c1-11(2,3)10(15)13-8-4-6-9(14-12)7-5-8/h4-7H,1-3H3/p+1. The zero-order chi connectivity index (χ0) is 11.5. The Bertz CT molecular complexity index is 395. The van der Waals surface area contributed by atoms with Crippen molar-refractivity contribution in [2.75, 3.05) is 5.32 Å². The van der Waals surface area contributed by atoms with E-state index in [-0.39, 0.29) is 5.91 Å². The second-order valence-electron chi connectivity index (χ2n) is 4.35. The molecule has 0 unspecified atom stereocenters. The summed E-state index contributed by atoms with van der Waals surface area (Å²) in [4.78, 5) is 14.6. The fourth-order valence-electron chi connectivity index (χ4n) is 0.930. The number of hydrogen-bond acceptors (Lipinski definition) is 2. The molecular weight excluding hydrogens is 190 g/mol. The van der Waals surface area contributed by atoms with Crippen LogP contribution in [0.25, 0.3) is 4.98 Å². The monoisotopic (exact) mass is 204 g/mol. The van der Waals surface area contributed by atoms with E-state index >= 15 is 0 Å². The number of carbonyl (C=O) groups is 1. The molecule has 0 saturated heterocycles. The van der Waals surface area contributed by atoms with Crippen LogP contribution in [-0.2, 0) is 4.79 Å². The van der Waals surface area contributed by atoms with Gasteiger partial charge in [0.1, 0.15) is 0 Å². The van der Waals surface area contributed by atoms with Crippen molar-refractivity contribution in [3.63, 3.8) is 0 Å². The van der Waals surface area contributed by atoms with Crippen LogP contribution in [0.5, 0.6) is 0 Å². The minimum atomic E-state index is -0.417. The predicted molar refractivity (Wildman–Crippen MR) is 59.3 cm³/mol. The van der Waals surface area contributed by atoms with Gasteiger partial charge < -0.3 is 5.32 Å². The fourth-order valence-corrected chi connectivity index (χ4v) is 0.930. The lowest BCUT2D eigenvalue weighted by molar-refractivity contribution is -0.123. The van der Waals surface area contributed by atoms with Crippen LogP contribution in [0.3, 0.4) is 0 Å². The third-order valence-electron chi connectivity index (χ3n) is 1.92. The Balaban J connectivity index is 2.75. The highest BCUT2D eigenvalue weighted by molar-refractivity contribution is 5.94. The average Bonchev–Trinajstić information content (AvgIpc) is 2.17. The van der Waals surface area contributed by atoms with Crippen LogP contribution in [0, 0.1) is 10.8 Å². The first-order valence-corrected chi connectivity index (χ1v) is 4.70. The zero-order valence-electron chi connectivity index (χ0n) is 9.11. The van der Waals surface area contributed by atoms with Gasteiger partial charge in [0.15, 0.2) is 4.98 Å². The molecule has 1 amide bonds. The molecule has 4 nitrogen and oxygen atoms in total. The number of amides is 1. The Hall–Kier alpha value is -1.89. The van der Waals surface area contributed by atoms with Crippen LogP contribution in [-0.4, -0.2) is 5.91 Å². The van der Waals surface area contributed by atoms with Gasteiger partial charge in [0.05, 0.1) is 0 Å². The van der Waals surface area contributed by atoms with Crippen molar-refractivity contribution in [1.29, 1.82) is 5.39 Å². The molecule has 0 heterocycles. The maximum Gasteiger partial charge on any atom is 0.385 e. The number of diazo groups is 1. The lowest BCUT2D eigenvalue weighted by Crippen LogP contribution is -2.27. The second kappa shape index (κ2) is 4.09. The number of hydrogen-bond donors (Lipinski definition) is 1. The summed E-state index contributed by atoms with van der Waals surface area (Å²) >= 11 is 0. The number of nitrogens with one attached hydrogen (secondary N) is 1. The highest BCUT2D eigenvalue weighted by Gasteiger charge is 2.21. The molecule has 0 aliphatic carbocycles. The molecule has 1 N–H and O–H groups in total. The van der Waals surface area contributed by atoms with Gasteiger partial charge >= 0.3 is 5.69 Å². The molecule has 0 spiro atoms. The lowest BCUT2D eigenvalue weighted by atomic mass is 9.95. The summed E-state index contributed by atoms with van der Waals surface area (Å²) in [6.07, 6.45) is 0. The lowest BCUT2D eigenvalue weighted by Gasteiger charge is -2.17. The van der Waals surface area contributed by atoms with E-state index in [1.54, 1.807) is 24.3 Å². The highest BCUT2D eigenvalue weighted by Crippen LogP contribution is 2.19. The smallest absolute Gasteiger partial charge is 0.326 e. The Kier molecular flexibility index (Phi) is 3.05. The van der Waals surface area contributed by atoms with Gasteiger partial charge in [0, 0.05) is 23.2 Å². The summed E-state index contributed by atoms with van der Waals surface area (Å²) in [5.41, 5.74) is 0.742. The normalized spacial score (nSPS) is 10.5. The maximum absolute atomic E-state index is 11.6. The van der Waals surface area contributed by atoms with E-state index in [1.807, 2.05) is 20.8 Å². The van der Waals surface area contributed by atoms with Crippen LogP contribution in [0.4, 0.5) is 11.4 Å². The molecule has 78 valence electrons. The van der Waals surface area contributed by atoms with E-state index in [1.165, 1.54) is 0 Å². The van der Waals surface area contributed by atoms with Crippen LogP contribution in [0.2, 0.25) is 0 Å². The zero-order valence-corrected chi connectivity index (χ0v) is 9.11. The van der Waals surface area contributed by atoms with E-state index < -0.39 is 5.41 Å². The van der Waals surface area contributed by atoms with Gasteiger partial charge in [-0.2, -0.15) is 0 Å². The summed E-state index contributed by atoms with van der Waals surface area (Å²) in [5.74, 6) is -0.0452. The van der Waals surface area contributed by atoms with Crippen molar-refractivity contribution >= 4 is 17.3 Å². The number of carbonyl (C=O) groups excluding carboxylic acids is 1. The molecule has 0 saturated carbocycles. The summed E-state index contributed by atoms with van der Waals surface area (Å²) < 4.78 is 0. The van der Waals surface area contributed by atoms with Crippen LogP contribution < -0.4 is 5.32 Å². The molecule has 4 heteroatoms. The van der Waals surface area contributed by atoms with Gasteiger partial charge in [-0.25, -0.2) is 0 Å². The largest absolute Gasteiger partial charge is 0.385 e. The van der Waals surface area contributed by atoms with E-state index in [2.05, 4.69) is 10.3 Å². The first-order valence-electron chi connectivity index (χ1n) is 4.70. The second-order valence-corrected chi connectivity index (χ2v) is 4.35. The third-order valence-corrected chi connectivity index (χ3v) is 1.92. The first-order chi connectivity index (χ1) is 6.93. The van der Waals surface area contributed by atoms with Gasteiger partial charge in [0.25, 0.3) is 0 Å². The van der Waals surface area contributed by atoms with Crippen molar-refractivity contribution in [2.24, 2.45) is 5.41 Å². The molecule has 0 aliphatic heterocycles. The molecule has 0 radical (unpaired) electrons. The van der Waals surface area contributed by atoms with E-state index in [0.717, 1.165) is 0 Å². The summed E-state index contributed by atoms with van der Waals surface area (Å²) in [7, 11) is 0. The third kappa shape index (κ3) is 3.06. The Morgan fingerprint density at radius 3 is 2.20 bits per heavy atom. The van der Waals surface area contributed by atoms with E-state index in [9.17, 15) is 4.79 Å². The van der Waals surface area contributed by atoms with E-state index in [0.29, 0.717) is 11.4 Å². The fraction of sp³-hybridized carbons (Fsp3) is 0.364. The number of nitrogens with zero attached hydrogens (tertiary/aromatic N) is 2. The van der Waals surface area contributed by atoms with Crippen LogP contribution >= 0.6 is 0 Å². The molecule has 0 bridgehead atoms. The Labute approximate surface area is 88.9 Å². The molecule has 0 fully saturated rings. The molecule has 1 rings (SSSR count). The minimum Gasteiger partial charge on any atom is -0.326 e. The first kappa shape index (κ1) is 11.2. The molecule has 0 aromatic heterocycles. The minimum absolute atomic E-state index is 0.0452. The molecule has 1 aromatic carbocycles. The van der Waals surface area contributed by atoms with Gasteiger partial charge in [-0.15, -0.1) is 0 Å². The van der Waals surface area contributed by atoms with Crippen LogP contribution in [0.15, 0.2) is 24.3 Å². The molecule has 15 heavy (non-hydrogen) atoms. The van der Waals surface area contributed by atoms with Crippen molar-refractivity contribution < 1.29 is 4.79 Å². The average molecular weight is 204 g/mol. The topological polar surface area (TPSA) is 57.2 Å². The quantitative estimate of drug-likeness (QED) is 0.714. The summed E-state index contributed by atoms with van der Waals surface area (Å²) in [6.45, 7) is 5.54. The van der Waals surface area contributed by atoms with Gasteiger partial charge in [-0.1, -0.05) is 20.8 Å². The number of anilines is 1. The van der Waals surface area contributed by atoms with Gasteiger partial charge in [-0.3, -0.25) is 4.79 Å². The molecule has 0 atom stereocenters. The Morgan fingerprint density at radius 2 is 1.80 bits per heavy atom. The van der Waals surface area contributed by atoms with Crippen molar-refractivity contribution in [3.05, 3.63) is 29.2 Å². The summed E-state index contributed by atoms with van der Waals surface area (Å²) in [6, 6.07) is 6.63. The molecule has 0 aliphatic rings. The van der Waals surface area contributed by atoms with Gasteiger partial charge in [0.2, 0.25) is 11.3 Å². The van der Waals surface area contributed by atoms with Crippen LogP contribution in [0.1, 0.15) is 20.8 Å². The van der Waals surface area contributed by atoms with Crippen molar-refractivity contribution in [2.45, 2.75) is 20.8 Å². The number of benzene rings is 1. The highest BCUT2D eigenvalue weighted by atomic mass is 16.2. The maximum atomic E-state index is 11.6. The Morgan fingerprint density at radius 1 is 1.27 bits per heavy atom. The number of rotatable bonds is 1. The summed E-state index contributed by atoms with van der Waals surface area (Å²) in [5, 5.41) is 11.2. The van der Waals surface area contributed by atoms with Gasteiger partial charge in [-0.05, 0) is 12.1 Å². The SMILES string of the molecule is CC(C)(C)C(=O)Nc1ccc([N+]#N)cc1. The van der Waals surface area contributed by atoms with E-state index in [4.69, 9.17) is 5.39 Å². The molecular formula is C11H14N3O+. The predicted octanol–water partition coefficient (Wildman–Crippen LogP) is 3.16. The van der Waals surface area contributed by atoms with Crippen molar-refractivity contribution in [3.8, 4) is 0 Å².